The van der Waals surface area contributed by atoms with Gasteiger partial charge in [-0.1, -0.05) is 35.0 Å². The molecular weight excluding hydrogens is 538 g/mol. The highest BCUT2D eigenvalue weighted by Gasteiger charge is 2.12. The van der Waals surface area contributed by atoms with Crippen LogP contribution in [0.1, 0.15) is 23.6 Å². The third kappa shape index (κ3) is 7.74. The molecule has 3 aromatic carbocycles. The van der Waals surface area contributed by atoms with Gasteiger partial charge in [-0.05, 0) is 78.4 Å². The van der Waals surface area contributed by atoms with Gasteiger partial charge in [-0.3, -0.25) is 4.79 Å². The number of halogens is 2. The maximum atomic E-state index is 13.4. The van der Waals surface area contributed by atoms with Crippen molar-refractivity contribution >= 4 is 40.4 Å². The summed E-state index contributed by atoms with van der Waals surface area (Å²) in [6.07, 6.45) is 1.50. The largest absolute Gasteiger partial charge is 0.490 e. The number of amides is 1. The molecule has 0 fully saturated rings. The van der Waals surface area contributed by atoms with Crippen LogP contribution in [0, 0.1) is 16.3 Å². The summed E-state index contributed by atoms with van der Waals surface area (Å²) < 4.78 is 25.8. The molecule has 6 nitrogen and oxygen atoms in total. The molecule has 8 heteroatoms. The van der Waals surface area contributed by atoms with Crippen molar-refractivity contribution in [1.29, 1.82) is 0 Å². The Balaban J connectivity index is 1.59. The van der Waals surface area contributed by atoms with E-state index in [9.17, 15) is 9.18 Å². The summed E-state index contributed by atoms with van der Waals surface area (Å²) in [5.74, 6) is 0.494. The normalized spacial score (nSPS) is 10.8. The van der Waals surface area contributed by atoms with Crippen LogP contribution in [0.15, 0.2) is 65.8 Å². The highest BCUT2D eigenvalue weighted by molar-refractivity contribution is 14.1. The third-order valence-corrected chi connectivity index (χ3v) is 5.21. The lowest BCUT2D eigenvalue weighted by Gasteiger charge is -2.14. The smallest absolute Gasteiger partial charge is 0.265 e. The number of carbonyl (C=O) groups excluding carboxylic acids is 1. The van der Waals surface area contributed by atoms with Crippen LogP contribution in [-0.2, 0) is 16.2 Å². The van der Waals surface area contributed by atoms with Crippen LogP contribution < -0.4 is 14.8 Å². The molecule has 0 atom stereocenters. The summed E-state index contributed by atoms with van der Waals surface area (Å²) in [5, 5.41) is 6.63. The molecule has 0 unspecified atom stereocenters. The number of ether oxygens (including phenoxy) is 2. The van der Waals surface area contributed by atoms with Crippen LogP contribution in [-0.4, -0.2) is 25.3 Å². The molecule has 0 aliphatic carbocycles. The summed E-state index contributed by atoms with van der Waals surface area (Å²) in [4.78, 5) is 17.1. The highest BCUT2D eigenvalue weighted by atomic mass is 127. The van der Waals surface area contributed by atoms with E-state index in [1.165, 1.54) is 18.3 Å². The van der Waals surface area contributed by atoms with Gasteiger partial charge in [-0.2, -0.15) is 0 Å². The maximum absolute atomic E-state index is 13.4. The predicted molar refractivity (Wildman–Crippen MR) is 134 cm³/mol. The molecule has 3 rings (SSSR count). The van der Waals surface area contributed by atoms with Crippen molar-refractivity contribution < 1.29 is 23.5 Å². The van der Waals surface area contributed by atoms with E-state index in [0.29, 0.717) is 23.8 Å². The molecule has 0 spiro atoms. The lowest BCUT2D eigenvalue weighted by molar-refractivity contribution is -0.120. The fourth-order valence-corrected chi connectivity index (χ4v) is 3.66. The lowest BCUT2D eigenvalue weighted by atomic mass is 10.2. The van der Waals surface area contributed by atoms with Crippen molar-refractivity contribution in [2.24, 2.45) is 5.16 Å². The van der Waals surface area contributed by atoms with E-state index in [0.717, 1.165) is 20.3 Å². The molecule has 1 amide bonds. The standard InChI is InChI=1S/C25H24FIN2O4/c1-3-31-23-13-19(12-22(27)25(23)32-15-18-5-4-6-20(26)11-18)14-28-33-16-24(30)29-21-9-7-17(2)8-10-21/h4-14H,3,15-16H2,1-2H3,(H,29,30)/b28-14+. The zero-order valence-electron chi connectivity index (χ0n) is 18.3. The fraction of sp³-hybridized carbons (Fsp3) is 0.200. The van der Waals surface area contributed by atoms with Crippen LogP contribution in [0.25, 0.3) is 0 Å². The predicted octanol–water partition coefficient (Wildman–Crippen LogP) is 5.71. The molecule has 1 N–H and O–H groups in total. The first kappa shape index (κ1) is 24.5. The monoisotopic (exact) mass is 562 g/mol. The second-order valence-electron chi connectivity index (χ2n) is 7.10. The van der Waals surface area contributed by atoms with E-state index >= 15 is 0 Å². The number of hydrogen-bond donors (Lipinski definition) is 1. The molecule has 3 aromatic rings. The van der Waals surface area contributed by atoms with Crippen LogP contribution in [0.3, 0.4) is 0 Å². The summed E-state index contributed by atoms with van der Waals surface area (Å²) in [6.45, 7) is 4.29. The second-order valence-corrected chi connectivity index (χ2v) is 8.27. The van der Waals surface area contributed by atoms with E-state index < -0.39 is 0 Å². The molecule has 0 saturated heterocycles. The topological polar surface area (TPSA) is 69.2 Å². The molecule has 0 aliphatic rings. The van der Waals surface area contributed by atoms with Crippen molar-refractivity contribution in [2.45, 2.75) is 20.5 Å². The molecule has 0 bridgehead atoms. The Morgan fingerprint density at radius 3 is 2.64 bits per heavy atom. The Morgan fingerprint density at radius 2 is 1.91 bits per heavy atom. The number of oxime groups is 1. The van der Waals surface area contributed by atoms with Crippen molar-refractivity contribution in [3.05, 3.63) is 86.7 Å². The number of carbonyl (C=O) groups is 1. The molecule has 0 heterocycles. The van der Waals surface area contributed by atoms with Crippen LogP contribution in [0.2, 0.25) is 0 Å². The van der Waals surface area contributed by atoms with Gasteiger partial charge < -0.3 is 19.6 Å². The van der Waals surface area contributed by atoms with Gasteiger partial charge in [-0.25, -0.2) is 4.39 Å². The minimum Gasteiger partial charge on any atom is -0.490 e. The Bertz CT molecular complexity index is 1120. The maximum Gasteiger partial charge on any atom is 0.265 e. The first-order valence-corrected chi connectivity index (χ1v) is 11.4. The zero-order valence-corrected chi connectivity index (χ0v) is 20.5. The van der Waals surface area contributed by atoms with Gasteiger partial charge in [0.15, 0.2) is 18.1 Å². The quantitative estimate of drug-likeness (QED) is 0.196. The van der Waals surface area contributed by atoms with Gasteiger partial charge in [0.2, 0.25) is 0 Å². The van der Waals surface area contributed by atoms with Gasteiger partial charge >= 0.3 is 0 Å². The first-order chi connectivity index (χ1) is 15.9. The van der Waals surface area contributed by atoms with Crippen molar-refractivity contribution in [2.75, 3.05) is 18.5 Å². The van der Waals surface area contributed by atoms with Crippen LogP contribution >= 0.6 is 22.6 Å². The zero-order chi connectivity index (χ0) is 23.6. The van der Waals surface area contributed by atoms with E-state index in [4.69, 9.17) is 14.3 Å². The number of anilines is 1. The summed E-state index contributed by atoms with van der Waals surface area (Å²) in [6, 6.07) is 17.4. The van der Waals surface area contributed by atoms with E-state index in [1.807, 2.05) is 44.2 Å². The molecule has 0 radical (unpaired) electrons. The molecule has 0 saturated carbocycles. The number of nitrogens with one attached hydrogen (secondary N) is 1. The van der Waals surface area contributed by atoms with Crippen molar-refractivity contribution in [3.8, 4) is 11.5 Å². The highest BCUT2D eigenvalue weighted by Crippen LogP contribution is 2.34. The van der Waals surface area contributed by atoms with Gasteiger partial charge in [0, 0.05) is 11.3 Å². The fourth-order valence-electron chi connectivity index (χ4n) is 2.88. The van der Waals surface area contributed by atoms with Crippen molar-refractivity contribution in [3.63, 3.8) is 0 Å². The summed E-state index contributed by atoms with van der Waals surface area (Å²) in [5.41, 5.74) is 3.25. The van der Waals surface area contributed by atoms with Crippen molar-refractivity contribution in [1.82, 2.24) is 0 Å². The summed E-state index contributed by atoms with van der Waals surface area (Å²) in [7, 11) is 0. The Labute approximate surface area is 205 Å². The van der Waals surface area contributed by atoms with Crippen LogP contribution in [0.5, 0.6) is 11.5 Å². The average Bonchev–Trinajstić information content (AvgIpc) is 2.78. The Morgan fingerprint density at radius 1 is 1.12 bits per heavy atom. The van der Waals surface area contributed by atoms with Gasteiger partial charge in [-0.15, -0.1) is 0 Å². The molecule has 0 aliphatic heterocycles. The number of aryl methyl sites for hydroxylation is 1. The number of rotatable bonds is 10. The number of nitrogens with zero attached hydrogens (tertiary/aromatic N) is 1. The van der Waals surface area contributed by atoms with E-state index in [1.54, 1.807) is 18.2 Å². The lowest BCUT2D eigenvalue weighted by Crippen LogP contribution is -2.16. The minimum atomic E-state index is -0.310. The first-order valence-electron chi connectivity index (χ1n) is 10.3. The Hall–Kier alpha value is -3.14. The van der Waals surface area contributed by atoms with E-state index in [2.05, 4.69) is 33.1 Å². The molecule has 33 heavy (non-hydrogen) atoms. The summed E-state index contributed by atoms with van der Waals surface area (Å²) >= 11 is 2.14. The second kappa shape index (κ2) is 12.2. The average molecular weight is 562 g/mol. The SMILES string of the molecule is CCOc1cc(/C=N/OCC(=O)Nc2ccc(C)cc2)cc(I)c1OCc1cccc(F)c1. The van der Waals surface area contributed by atoms with E-state index in [-0.39, 0.29) is 24.9 Å². The molecule has 0 aromatic heterocycles. The third-order valence-electron chi connectivity index (χ3n) is 4.41. The van der Waals surface area contributed by atoms with Gasteiger partial charge in [0.05, 0.1) is 16.4 Å². The molecule has 172 valence electrons. The number of hydrogen-bond acceptors (Lipinski definition) is 5. The van der Waals surface area contributed by atoms with Gasteiger partial charge in [0.25, 0.3) is 5.91 Å². The number of benzene rings is 3. The minimum absolute atomic E-state index is 0.209. The Kier molecular flexibility index (Phi) is 9.05. The van der Waals surface area contributed by atoms with Gasteiger partial charge in [0.1, 0.15) is 12.4 Å². The van der Waals surface area contributed by atoms with Crippen LogP contribution in [0.4, 0.5) is 10.1 Å². The molecular formula is C25H24FIN2O4.